The van der Waals surface area contributed by atoms with Crippen LogP contribution in [0, 0.1) is 5.92 Å². The second kappa shape index (κ2) is 6.11. The van der Waals surface area contributed by atoms with Crippen molar-refractivity contribution in [2.45, 2.75) is 52.2 Å². The van der Waals surface area contributed by atoms with Crippen LogP contribution in [-0.4, -0.2) is 28.1 Å². The Hall–Kier alpha value is -1.62. The molecule has 0 spiro atoms. The lowest BCUT2D eigenvalue weighted by atomic mass is 9.90. The van der Waals surface area contributed by atoms with E-state index in [0.29, 0.717) is 5.92 Å². The molecule has 1 aromatic heterocycles. The number of carbonyl (C=O) groups is 1. The predicted molar refractivity (Wildman–Crippen MR) is 93.7 cm³/mol. The third-order valence-electron chi connectivity index (χ3n) is 4.18. The van der Waals surface area contributed by atoms with Crippen LogP contribution in [0.5, 0.6) is 0 Å². The first-order valence-corrected chi connectivity index (χ1v) is 9.04. The van der Waals surface area contributed by atoms with Crippen molar-refractivity contribution in [1.29, 1.82) is 0 Å². The molecule has 1 amide bonds. The van der Waals surface area contributed by atoms with Gasteiger partial charge in [0.25, 0.3) is 0 Å². The van der Waals surface area contributed by atoms with E-state index in [4.69, 9.17) is 4.74 Å². The summed E-state index contributed by atoms with van der Waals surface area (Å²) in [7, 11) is 0. The average Bonchev–Trinajstić information content (AvgIpc) is 2.92. The van der Waals surface area contributed by atoms with Crippen LogP contribution in [0.3, 0.4) is 0 Å². The van der Waals surface area contributed by atoms with Crippen LogP contribution in [0.25, 0.3) is 10.2 Å². The topological polar surface area (TPSA) is 42.4 Å². The van der Waals surface area contributed by atoms with Gasteiger partial charge in [-0.1, -0.05) is 13.0 Å². The lowest BCUT2D eigenvalue weighted by Crippen LogP contribution is -2.44. The number of benzene rings is 1. The highest BCUT2D eigenvalue weighted by Gasteiger charge is 2.34. The number of hydrogen-bond donors (Lipinski definition) is 0. The third-order valence-corrected chi connectivity index (χ3v) is 4.99. The van der Waals surface area contributed by atoms with Crippen molar-refractivity contribution in [2.75, 3.05) is 6.54 Å². The summed E-state index contributed by atoms with van der Waals surface area (Å²) >= 11 is 1.64. The molecular formula is C18H24N2O2S. The van der Waals surface area contributed by atoms with E-state index in [-0.39, 0.29) is 12.1 Å². The highest BCUT2D eigenvalue weighted by molar-refractivity contribution is 7.16. The van der Waals surface area contributed by atoms with Crippen LogP contribution < -0.4 is 0 Å². The minimum Gasteiger partial charge on any atom is -0.444 e. The number of piperidine rings is 1. The fourth-order valence-electron chi connectivity index (χ4n) is 3.10. The molecule has 1 aromatic carbocycles. The zero-order valence-electron chi connectivity index (χ0n) is 14.2. The first-order valence-electron chi connectivity index (χ1n) is 8.16. The van der Waals surface area contributed by atoms with Gasteiger partial charge >= 0.3 is 6.09 Å². The Bertz CT molecular complexity index is 704. The molecular weight excluding hydrogens is 308 g/mol. The van der Waals surface area contributed by atoms with E-state index < -0.39 is 5.60 Å². The number of hydrogen-bond acceptors (Lipinski definition) is 4. The Morgan fingerprint density at radius 2 is 2.13 bits per heavy atom. The van der Waals surface area contributed by atoms with Gasteiger partial charge in [-0.2, -0.15) is 0 Å². The van der Waals surface area contributed by atoms with E-state index in [9.17, 15) is 4.79 Å². The molecule has 0 radical (unpaired) electrons. The molecule has 124 valence electrons. The smallest absolute Gasteiger partial charge is 0.410 e. The van der Waals surface area contributed by atoms with E-state index in [1.165, 1.54) is 4.70 Å². The molecule has 1 aliphatic rings. The van der Waals surface area contributed by atoms with Crippen LogP contribution in [0.15, 0.2) is 23.7 Å². The molecule has 1 unspecified atom stereocenters. The molecule has 3 rings (SSSR count). The van der Waals surface area contributed by atoms with E-state index in [2.05, 4.69) is 30.1 Å². The van der Waals surface area contributed by atoms with Gasteiger partial charge in [0, 0.05) is 6.54 Å². The van der Waals surface area contributed by atoms with Gasteiger partial charge in [-0.3, -0.25) is 0 Å². The molecule has 1 saturated heterocycles. The van der Waals surface area contributed by atoms with E-state index in [0.717, 1.165) is 30.5 Å². The van der Waals surface area contributed by atoms with Crippen molar-refractivity contribution in [2.24, 2.45) is 5.92 Å². The highest BCUT2D eigenvalue weighted by atomic mass is 32.1. The Morgan fingerprint density at radius 3 is 2.87 bits per heavy atom. The summed E-state index contributed by atoms with van der Waals surface area (Å²) in [5.74, 6) is 0.502. The summed E-state index contributed by atoms with van der Waals surface area (Å²) in [5, 5.41) is 0. The van der Waals surface area contributed by atoms with Gasteiger partial charge in [-0.25, -0.2) is 9.78 Å². The van der Waals surface area contributed by atoms with Gasteiger partial charge in [0.2, 0.25) is 0 Å². The van der Waals surface area contributed by atoms with Crippen molar-refractivity contribution < 1.29 is 9.53 Å². The maximum absolute atomic E-state index is 12.6. The molecule has 2 heterocycles. The van der Waals surface area contributed by atoms with Crippen LogP contribution >= 0.6 is 11.3 Å². The summed E-state index contributed by atoms with van der Waals surface area (Å²) in [6, 6.07) is 6.42. The Kier molecular flexibility index (Phi) is 4.32. The summed E-state index contributed by atoms with van der Waals surface area (Å²) in [4.78, 5) is 18.9. The second-order valence-corrected chi connectivity index (χ2v) is 8.30. The zero-order valence-corrected chi connectivity index (χ0v) is 15.0. The Balaban J connectivity index is 1.89. The maximum Gasteiger partial charge on any atom is 0.410 e. The van der Waals surface area contributed by atoms with E-state index in [1.54, 1.807) is 11.3 Å². The van der Waals surface area contributed by atoms with Crippen LogP contribution in [-0.2, 0) is 4.74 Å². The van der Waals surface area contributed by atoms with Crippen molar-refractivity contribution >= 4 is 27.6 Å². The van der Waals surface area contributed by atoms with Gasteiger partial charge < -0.3 is 9.64 Å². The molecule has 2 atom stereocenters. The number of rotatable bonds is 1. The van der Waals surface area contributed by atoms with Crippen molar-refractivity contribution in [3.05, 3.63) is 29.3 Å². The van der Waals surface area contributed by atoms with Crippen LogP contribution in [0.4, 0.5) is 4.79 Å². The Labute approximate surface area is 141 Å². The van der Waals surface area contributed by atoms with Crippen LogP contribution in [0.1, 0.15) is 52.1 Å². The predicted octanol–water partition coefficient (Wildman–Crippen LogP) is 5.00. The SMILES string of the molecule is C[C@H]1CCC(c2ccc3scnc3c2)N(C(=O)OC(C)(C)C)C1. The van der Waals surface area contributed by atoms with Gasteiger partial charge in [0.1, 0.15) is 5.60 Å². The highest BCUT2D eigenvalue weighted by Crippen LogP contribution is 2.35. The van der Waals surface area contributed by atoms with Gasteiger partial charge in [-0.05, 0) is 57.2 Å². The minimum absolute atomic E-state index is 0.0761. The summed E-state index contributed by atoms with van der Waals surface area (Å²) in [5.41, 5.74) is 3.56. The second-order valence-electron chi connectivity index (χ2n) is 7.41. The molecule has 1 aliphatic heterocycles. The fraction of sp³-hybridized carbons (Fsp3) is 0.556. The number of thiazole rings is 1. The zero-order chi connectivity index (χ0) is 16.6. The molecule has 4 nitrogen and oxygen atoms in total. The molecule has 2 aromatic rings. The summed E-state index contributed by atoms with van der Waals surface area (Å²) < 4.78 is 6.81. The first kappa shape index (κ1) is 16.2. The normalized spacial score (nSPS) is 22.3. The molecule has 0 N–H and O–H groups in total. The number of likely N-dealkylation sites (tertiary alicyclic amines) is 1. The molecule has 23 heavy (non-hydrogen) atoms. The first-order chi connectivity index (χ1) is 10.8. The summed E-state index contributed by atoms with van der Waals surface area (Å²) in [6.07, 6.45) is 1.88. The maximum atomic E-state index is 12.6. The van der Waals surface area contributed by atoms with Crippen molar-refractivity contribution in [1.82, 2.24) is 9.88 Å². The monoisotopic (exact) mass is 332 g/mol. The van der Waals surface area contributed by atoms with E-state index in [1.807, 2.05) is 31.2 Å². The van der Waals surface area contributed by atoms with Gasteiger partial charge in [0.05, 0.1) is 21.8 Å². The molecule has 0 bridgehead atoms. The Morgan fingerprint density at radius 1 is 1.35 bits per heavy atom. The molecule has 0 saturated carbocycles. The number of amides is 1. The number of nitrogens with zero attached hydrogens (tertiary/aromatic N) is 2. The van der Waals surface area contributed by atoms with Gasteiger partial charge in [0.15, 0.2) is 0 Å². The lowest BCUT2D eigenvalue weighted by Gasteiger charge is -2.39. The number of ether oxygens (including phenoxy) is 1. The molecule has 0 aliphatic carbocycles. The fourth-order valence-corrected chi connectivity index (χ4v) is 3.76. The average molecular weight is 332 g/mol. The largest absolute Gasteiger partial charge is 0.444 e. The third kappa shape index (κ3) is 3.66. The van der Waals surface area contributed by atoms with Crippen LogP contribution in [0.2, 0.25) is 0 Å². The van der Waals surface area contributed by atoms with Crippen molar-refractivity contribution in [3.8, 4) is 0 Å². The molecule has 1 fully saturated rings. The number of aromatic nitrogens is 1. The van der Waals surface area contributed by atoms with Crippen molar-refractivity contribution in [3.63, 3.8) is 0 Å². The number of carbonyl (C=O) groups excluding carboxylic acids is 1. The minimum atomic E-state index is -0.471. The van der Waals surface area contributed by atoms with Gasteiger partial charge in [-0.15, -0.1) is 11.3 Å². The quantitative estimate of drug-likeness (QED) is 0.737. The molecule has 5 heteroatoms. The van der Waals surface area contributed by atoms with E-state index >= 15 is 0 Å². The standard InChI is InChI=1S/C18H24N2O2S/c1-12-5-7-15(20(10-12)17(21)22-18(2,3)4)13-6-8-16-14(9-13)19-11-23-16/h6,8-9,11-12,15H,5,7,10H2,1-4H3/t12-,15?/m0/s1. The number of fused-ring (bicyclic) bond motifs is 1. The summed E-state index contributed by atoms with van der Waals surface area (Å²) in [6.45, 7) is 8.67. The lowest BCUT2D eigenvalue weighted by molar-refractivity contribution is 0.00365.